The predicted octanol–water partition coefficient (Wildman–Crippen LogP) is 2.61. The topological polar surface area (TPSA) is 69.6 Å². The molecule has 2 N–H and O–H groups in total. The summed E-state index contributed by atoms with van der Waals surface area (Å²) in [6.07, 6.45) is 2.28. The second-order valence-electron chi connectivity index (χ2n) is 5.29. The molecule has 1 unspecified atom stereocenters. The first kappa shape index (κ1) is 15.8. The number of amides is 1. The van der Waals surface area contributed by atoms with E-state index in [0.717, 1.165) is 12.8 Å². The van der Waals surface area contributed by atoms with Crippen LogP contribution >= 0.6 is 11.6 Å². The summed E-state index contributed by atoms with van der Waals surface area (Å²) in [5.74, 6) is -0.988. The van der Waals surface area contributed by atoms with Gasteiger partial charge in [0.25, 0.3) is 0 Å². The van der Waals surface area contributed by atoms with Crippen molar-refractivity contribution in [2.45, 2.75) is 38.3 Å². The van der Waals surface area contributed by atoms with Gasteiger partial charge < -0.3 is 10.4 Å². The number of aliphatic carboxylic acids is 1. The maximum absolute atomic E-state index is 11.9. The fraction of sp³-hybridized carbons (Fsp3) is 0.467. The third-order valence-corrected chi connectivity index (χ3v) is 3.81. The van der Waals surface area contributed by atoms with Crippen molar-refractivity contribution in [2.75, 3.05) is 11.9 Å². The fourth-order valence-electron chi connectivity index (χ4n) is 2.26. The Labute approximate surface area is 128 Å². The summed E-state index contributed by atoms with van der Waals surface area (Å²) < 4.78 is 0. The molecule has 0 radical (unpaired) electrons. The molecule has 1 amide bonds. The molecule has 0 saturated heterocycles. The number of carbonyl (C=O) groups excluding carboxylic acids is 1. The van der Waals surface area contributed by atoms with E-state index in [9.17, 15) is 9.59 Å². The maximum atomic E-state index is 11.9. The van der Waals surface area contributed by atoms with E-state index in [0.29, 0.717) is 23.3 Å². The molecule has 1 saturated carbocycles. The molecule has 0 spiro atoms. The number of carbonyl (C=O) groups is 2. The van der Waals surface area contributed by atoms with Gasteiger partial charge in [0, 0.05) is 29.7 Å². The number of benzene rings is 1. The minimum atomic E-state index is -0.850. The molecule has 21 heavy (non-hydrogen) atoms. The lowest BCUT2D eigenvalue weighted by Crippen LogP contribution is -2.42. The van der Waals surface area contributed by atoms with Gasteiger partial charge in [-0.25, -0.2) is 0 Å². The van der Waals surface area contributed by atoms with Gasteiger partial charge in [0.15, 0.2) is 0 Å². The van der Waals surface area contributed by atoms with Gasteiger partial charge in [0.1, 0.15) is 6.04 Å². The lowest BCUT2D eigenvalue weighted by atomic mass is 10.2. The number of halogens is 1. The van der Waals surface area contributed by atoms with Crippen molar-refractivity contribution in [3.63, 3.8) is 0 Å². The molecule has 1 aromatic rings. The number of carboxylic acid groups (broad SMARTS) is 1. The van der Waals surface area contributed by atoms with Gasteiger partial charge in [-0.05, 0) is 38.0 Å². The number of hydrogen-bond donors (Lipinski definition) is 2. The van der Waals surface area contributed by atoms with E-state index in [2.05, 4.69) is 5.32 Å². The van der Waals surface area contributed by atoms with E-state index < -0.39 is 12.0 Å². The normalized spacial score (nSPS) is 15.8. The average molecular weight is 311 g/mol. The zero-order valence-electron chi connectivity index (χ0n) is 11.9. The summed E-state index contributed by atoms with van der Waals surface area (Å²) >= 11 is 5.86. The van der Waals surface area contributed by atoms with Crippen LogP contribution in [0.2, 0.25) is 5.02 Å². The van der Waals surface area contributed by atoms with E-state index in [1.807, 2.05) is 4.90 Å². The van der Waals surface area contributed by atoms with Gasteiger partial charge in [0.2, 0.25) is 5.91 Å². The molecule has 0 aliphatic heterocycles. The first-order chi connectivity index (χ1) is 9.97. The van der Waals surface area contributed by atoms with Crippen LogP contribution in [-0.4, -0.2) is 40.5 Å². The van der Waals surface area contributed by atoms with Crippen molar-refractivity contribution >= 4 is 29.2 Å². The second-order valence-corrected chi connectivity index (χ2v) is 5.73. The molecule has 0 bridgehead atoms. The number of hydrogen-bond acceptors (Lipinski definition) is 3. The Morgan fingerprint density at radius 2 is 2.19 bits per heavy atom. The molecule has 5 nitrogen and oxygen atoms in total. The Morgan fingerprint density at radius 3 is 2.76 bits per heavy atom. The van der Waals surface area contributed by atoms with Crippen molar-refractivity contribution in [3.8, 4) is 0 Å². The first-order valence-corrected chi connectivity index (χ1v) is 7.39. The van der Waals surface area contributed by atoms with Crippen LogP contribution in [0.25, 0.3) is 0 Å². The van der Waals surface area contributed by atoms with Crippen molar-refractivity contribution in [1.82, 2.24) is 4.90 Å². The van der Waals surface area contributed by atoms with E-state index in [1.54, 1.807) is 31.2 Å². The lowest BCUT2D eigenvalue weighted by molar-refractivity contribution is -0.143. The van der Waals surface area contributed by atoms with E-state index in [1.165, 1.54) is 0 Å². The molecule has 2 rings (SSSR count). The minimum Gasteiger partial charge on any atom is -0.480 e. The molecular formula is C15H19ClN2O3. The summed E-state index contributed by atoms with van der Waals surface area (Å²) in [7, 11) is 0. The summed E-state index contributed by atoms with van der Waals surface area (Å²) in [6.45, 7) is 2.11. The van der Waals surface area contributed by atoms with Gasteiger partial charge in [-0.3, -0.25) is 14.5 Å². The number of carboxylic acids is 1. The monoisotopic (exact) mass is 310 g/mol. The quantitative estimate of drug-likeness (QED) is 0.812. The Balaban J connectivity index is 1.86. The molecule has 1 aromatic carbocycles. The Bertz CT molecular complexity index is 531. The molecule has 6 heteroatoms. The van der Waals surface area contributed by atoms with Crippen LogP contribution in [0.4, 0.5) is 5.69 Å². The van der Waals surface area contributed by atoms with Crippen molar-refractivity contribution in [1.29, 1.82) is 0 Å². The molecule has 0 heterocycles. The molecule has 1 atom stereocenters. The Morgan fingerprint density at radius 1 is 1.48 bits per heavy atom. The van der Waals surface area contributed by atoms with Gasteiger partial charge in [-0.15, -0.1) is 0 Å². The number of rotatable bonds is 7. The van der Waals surface area contributed by atoms with Crippen LogP contribution in [0.5, 0.6) is 0 Å². The summed E-state index contributed by atoms with van der Waals surface area (Å²) in [5.41, 5.74) is 0.650. The molecule has 1 fully saturated rings. The predicted molar refractivity (Wildman–Crippen MR) is 81.5 cm³/mol. The zero-order chi connectivity index (χ0) is 15.4. The van der Waals surface area contributed by atoms with E-state index in [-0.39, 0.29) is 12.3 Å². The van der Waals surface area contributed by atoms with Crippen LogP contribution in [0, 0.1) is 0 Å². The Kier molecular flexibility index (Phi) is 5.20. The van der Waals surface area contributed by atoms with Gasteiger partial charge in [-0.1, -0.05) is 17.7 Å². The fourth-order valence-corrected chi connectivity index (χ4v) is 2.45. The standard InChI is InChI=1S/C15H19ClN2O3/c1-10(15(20)21)18(13-5-6-13)8-7-14(19)17-12-4-2-3-11(16)9-12/h2-4,9-10,13H,5-8H2,1H3,(H,17,19)(H,20,21). The maximum Gasteiger partial charge on any atom is 0.320 e. The van der Waals surface area contributed by atoms with Gasteiger partial charge >= 0.3 is 5.97 Å². The molecule has 0 aromatic heterocycles. The van der Waals surface area contributed by atoms with Crippen LogP contribution in [0.15, 0.2) is 24.3 Å². The second kappa shape index (κ2) is 6.91. The lowest BCUT2D eigenvalue weighted by Gasteiger charge is -2.25. The van der Waals surface area contributed by atoms with Crippen molar-refractivity contribution in [2.24, 2.45) is 0 Å². The summed E-state index contributed by atoms with van der Waals surface area (Å²) in [4.78, 5) is 24.9. The van der Waals surface area contributed by atoms with Crippen molar-refractivity contribution < 1.29 is 14.7 Å². The highest BCUT2D eigenvalue weighted by Crippen LogP contribution is 2.28. The molecule has 1 aliphatic carbocycles. The van der Waals surface area contributed by atoms with Gasteiger partial charge in [0.05, 0.1) is 0 Å². The third kappa shape index (κ3) is 4.72. The van der Waals surface area contributed by atoms with Gasteiger partial charge in [-0.2, -0.15) is 0 Å². The third-order valence-electron chi connectivity index (χ3n) is 3.58. The smallest absolute Gasteiger partial charge is 0.320 e. The number of nitrogens with one attached hydrogen (secondary N) is 1. The first-order valence-electron chi connectivity index (χ1n) is 7.01. The average Bonchev–Trinajstić information content (AvgIpc) is 3.23. The largest absolute Gasteiger partial charge is 0.480 e. The molecular weight excluding hydrogens is 292 g/mol. The Hall–Kier alpha value is -1.59. The van der Waals surface area contributed by atoms with E-state index >= 15 is 0 Å². The molecule has 114 valence electrons. The highest BCUT2D eigenvalue weighted by atomic mass is 35.5. The summed E-state index contributed by atoms with van der Waals surface area (Å²) in [6, 6.07) is 6.69. The SMILES string of the molecule is CC(C(=O)O)N(CCC(=O)Nc1cccc(Cl)c1)C1CC1. The highest BCUT2D eigenvalue weighted by Gasteiger charge is 2.34. The van der Waals surface area contributed by atoms with E-state index in [4.69, 9.17) is 16.7 Å². The highest BCUT2D eigenvalue weighted by molar-refractivity contribution is 6.30. The van der Waals surface area contributed by atoms with Crippen LogP contribution in [0.3, 0.4) is 0 Å². The number of nitrogens with zero attached hydrogens (tertiary/aromatic N) is 1. The summed E-state index contributed by atoms with van der Waals surface area (Å²) in [5, 5.41) is 12.4. The van der Waals surface area contributed by atoms with Crippen molar-refractivity contribution in [3.05, 3.63) is 29.3 Å². The minimum absolute atomic E-state index is 0.138. The van der Waals surface area contributed by atoms with Crippen LogP contribution in [-0.2, 0) is 9.59 Å². The number of anilines is 1. The van der Waals surface area contributed by atoms with Crippen LogP contribution in [0.1, 0.15) is 26.2 Å². The molecule has 1 aliphatic rings. The zero-order valence-corrected chi connectivity index (χ0v) is 12.6. The van der Waals surface area contributed by atoms with Crippen LogP contribution < -0.4 is 5.32 Å².